The van der Waals surface area contributed by atoms with Gasteiger partial charge in [0.25, 0.3) is 0 Å². The van der Waals surface area contributed by atoms with E-state index in [1.54, 1.807) is 30.6 Å². The molecule has 1 heterocycles. The number of amides is 1. The highest BCUT2D eigenvalue weighted by atomic mass is 19.1. The van der Waals surface area contributed by atoms with Crippen LogP contribution in [-0.2, 0) is 17.3 Å². The van der Waals surface area contributed by atoms with Crippen LogP contribution in [0.3, 0.4) is 0 Å². The van der Waals surface area contributed by atoms with Crippen molar-refractivity contribution in [2.75, 3.05) is 0 Å². The molecule has 0 bridgehead atoms. The summed E-state index contributed by atoms with van der Waals surface area (Å²) in [5.74, 6) is -0.000484. The van der Waals surface area contributed by atoms with E-state index in [0.29, 0.717) is 11.4 Å². The van der Waals surface area contributed by atoms with Gasteiger partial charge in [-0.2, -0.15) is 0 Å². The Labute approximate surface area is 171 Å². The molecular weight excluding hydrogens is 365 g/mol. The second-order valence-corrected chi connectivity index (χ2v) is 8.10. The zero-order chi connectivity index (χ0) is 21.0. The third kappa shape index (κ3) is 5.19. The first-order chi connectivity index (χ1) is 13.7. The van der Waals surface area contributed by atoms with E-state index in [-0.39, 0.29) is 17.1 Å². The Hall–Kier alpha value is -3.21. The minimum Gasteiger partial charge on any atom is -0.339 e. The summed E-state index contributed by atoms with van der Waals surface area (Å²) in [6.45, 7) is 6.49. The fourth-order valence-electron chi connectivity index (χ4n) is 3.09. The Morgan fingerprint density at radius 2 is 1.90 bits per heavy atom. The van der Waals surface area contributed by atoms with Crippen molar-refractivity contribution in [1.82, 2.24) is 14.9 Å². The van der Waals surface area contributed by atoms with Crippen LogP contribution >= 0.6 is 0 Å². The number of nitrogens with zero attached hydrogens (tertiary/aromatic N) is 2. The van der Waals surface area contributed by atoms with Crippen LogP contribution in [0.1, 0.15) is 49.3 Å². The summed E-state index contributed by atoms with van der Waals surface area (Å²) in [5.41, 5.74) is 2.89. The van der Waals surface area contributed by atoms with Crippen LogP contribution in [0.2, 0.25) is 0 Å². The number of imidazole rings is 1. The van der Waals surface area contributed by atoms with Crippen LogP contribution in [0, 0.1) is 5.82 Å². The molecule has 150 valence electrons. The molecule has 4 nitrogen and oxygen atoms in total. The maximum absolute atomic E-state index is 13.7. The van der Waals surface area contributed by atoms with Crippen LogP contribution in [0.15, 0.2) is 67.0 Å². The van der Waals surface area contributed by atoms with Crippen LogP contribution < -0.4 is 5.32 Å². The van der Waals surface area contributed by atoms with Gasteiger partial charge in [-0.05, 0) is 40.3 Å². The normalized spacial score (nSPS) is 12.9. The Morgan fingerprint density at radius 3 is 2.48 bits per heavy atom. The molecule has 29 heavy (non-hydrogen) atoms. The Balaban J connectivity index is 1.78. The van der Waals surface area contributed by atoms with Gasteiger partial charge in [0.1, 0.15) is 17.7 Å². The molecule has 0 saturated carbocycles. The monoisotopic (exact) mass is 391 g/mol. The molecule has 1 N–H and O–H groups in total. The van der Waals surface area contributed by atoms with Crippen LogP contribution in [0.25, 0.3) is 6.08 Å². The topological polar surface area (TPSA) is 46.9 Å². The van der Waals surface area contributed by atoms with Crippen molar-refractivity contribution < 1.29 is 9.18 Å². The van der Waals surface area contributed by atoms with Crippen molar-refractivity contribution in [2.24, 2.45) is 7.05 Å². The first-order valence-electron chi connectivity index (χ1n) is 9.56. The molecule has 0 unspecified atom stereocenters. The van der Waals surface area contributed by atoms with Gasteiger partial charge >= 0.3 is 0 Å². The van der Waals surface area contributed by atoms with E-state index in [4.69, 9.17) is 0 Å². The average molecular weight is 391 g/mol. The van der Waals surface area contributed by atoms with Crippen molar-refractivity contribution >= 4 is 12.0 Å². The average Bonchev–Trinajstić information content (AvgIpc) is 3.09. The zero-order valence-corrected chi connectivity index (χ0v) is 17.2. The van der Waals surface area contributed by atoms with E-state index in [1.807, 2.05) is 23.7 Å². The van der Waals surface area contributed by atoms with Crippen LogP contribution in [-0.4, -0.2) is 15.5 Å². The number of aryl methyl sites for hydroxylation is 1. The van der Waals surface area contributed by atoms with Crippen molar-refractivity contribution in [3.63, 3.8) is 0 Å². The summed E-state index contributed by atoms with van der Waals surface area (Å²) in [5, 5.41) is 2.93. The Bertz CT molecular complexity index is 1010. The molecule has 0 spiro atoms. The van der Waals surface area contributed by atoms with E-state index in [9.17, 15) is 9.18 Å². The maximum atomic E-state index is 13.7. The number of hydrogen-bond acceptors (Lipinski definition) is 2. The molecule has 0 radical (unpaired) electrons. The predicted octanol–water partition coefficient (Wildman–Crippen LogP) is 4.78. The third-order valence-electron chi connectivity index (χ3n) is 4.79. The lowest BCUT2D eigenvalue weighted by atomic mass is 9.87. The molecule has 3 aromatic rings. The standard InChI is InChI=1S/C24H26FN3O/c1-24(2,3)19-11-8-17(9-12-19)10-13-21(29)27-22(23-26-14-15-28(23)4)18-6-5-7-20(25)16-18/h5-16,22H,1-4H3,(H,27,29)/b13-10-/t22-/m0/s1. The molecule has 0 saturated heterocycles. The van der Waals surface area contributed by atoms with Crippen molar-refractivity contribution in [2.45, 2.75) is 32.2 Å². The number of benzene rings is 2. The molecule has 3 rings (SSSR count). The van der Waals surface area contributed by atoms with E-state index < -0.39 is 6.04 Å². The molecule has 1 atom stereocenters. The van der Waals surface area contributed by atoms with Crippen molar-refractivity contribution in [1.29, 1.82) is 0 Å². The highest BCUT2D eigenvalue weighted by molar-refractivity contribution is 5.92. The smallest absolute Gasteiger partial charge is 0.244 e. The van der Waals surface area contributed by atoms with E-state index in [1.165, 1.54) is 23.8 Å². The summed E-state index contributed by atoms with van der Waals surface area (Å²) in [6.07, 6.45) is 6.70. The lowest BCUT2D eigenvalue weighted by Gasteiger charge is -2.19. The second-order valence-electron chi connectivity index (χ2n) is 8.10. The fraction of sp³-hybridized carbons (Fsp3) is 0.250. The summed E-state index contributed by atoms with van der Waals surface area (Å²) in [6, 6.07) is 13.8. The van der Waals surface area contributed by atoms with Gasteiger partial charge in [0.05, 0.1) is 0 Å². The zero-order valence-electron chi connectivity index (χ0n) is 17.2. The quantitative estimate of drug-likeness (QED) is 0.637. The summed E-state index contributed by atoms with van der Waals surface area (Å²) in [7, 11) is 1.84. The number of halogens is 1. The lowest BCUT2D eigenvalue weighted by molar-refractivity contribution is -0.117. The summed E-state index contributed by atoms with van der Waals surface area (Å²) >= 11 is 0. The highest BCUT2D eigenvalue weighted by Crippen LogP contribution is 2.23. The molecule has 0 fully saturated rings. The van der Waals surface area contributed by atoms with Gasteiger partial charge < -0.3 is 9.88 Å². The SMILES string of the molecule is Cn1ccnc1[C@@H](NC(=O)/C=C\c1ccc(C(C)(C)C)cc1)c1cccc(F)c1. The molecule has 1 amide bonds. The van der Waals surface area contributed by atoms with Crippen LogP contribution in [0.4, 0.5) is 4.39 Å². The van der Waals surface area contributed by atoms with Crippen molar-refractivity contribution in [3.8, 4) is 0 Å². The number of hydrogen-bond donors (Lipinski definition) is 1. The molecule has 1 aromatic heterocycles. The predicted molar refractivity (Wildman–Crippen MR) is 114 cm³/mol. The van der Waals surface area contributed by atoms with Gasteiger partial charge in [0.2, 0.25) is 5.91 Å². The minimum atomic E-state index is -0.550. The second kappa shape index (κ2) is 8.43. The molecular formula is C24H26FN3O. The van der Waals surface area contributed by atoms with Crippen molar-refractivity contribution in [3.05, 3.63) is 95.3 Å². The highest BCUT2D eigenvalue weighted by Gasteiger charge is 2.20. The largest absolute Gasteiger partial charge is 0.339 e. The van der Waals surface area contributed by atoms with Gasteiger partial charge in [0, 0.05) is 25.5 Å². The Kier molecular flexibility index (Phi) is 5.97. The van der Waals surface area contributed by atoms with E-state index >= 15 is 0 Å². The molecule has 2 aromatic carbocycles. The maximum Gasteiger partial charge on any atom is 0.244 e. The number of carbonyl (C=O) groups excluding carboxylic acids is 1. The number of nitrogens with one attached hydrogen (secondary N) is 1. The minimum absolute atomic E-state index is 0.0832. The molecule has 5 heteroatoms. The summed E-state index contributed by atoms with van der Waals surface area (Å²) < 4.78 is 15.5. The molecule has 0 aliphatic rings. The lowest BCUT2D eigenvalue weighted by Crippen LogP contribution is -2.29. The fourth-order valence-corrected chi connectivity index (χ4v) is 3.09. The Morgan fingerprint density at radius 1 is 1.17 bits per heavy atom. The first-order valence-corrected chi connectivity index (χ1v) is 9.56. The van der Waals surface area contributed by atoms with Gasteiger partial charge in [-0.3, -0.25) is 4.79 Å². The molecule has 0 aliphatic carbocycles. The number of aromatic nitrogens is 2. The van der Waals surface area contributed by atoms with E-state index in [0.717, 1.165) is 5.56 Å². The first kappa shape index (κ1) is 20.5. The van der Waals surface area contributed by atoms with Gasteiger partial charge in [-0.15, -0.1) is 0 Å². The van der Waals surface area contributed by atoms with Gasteiger partial charge in [-0.25, -0.2) is 9.37 Å². The van der Waals surface area contributed by atoms with Gasteiger partial charge in [0.15, 0.2) is 0 Å². The third-order valence-corrected chi connectivity index (χ3v) is 4.79. The van der Waals surface area contributed by atoms with E-state index in [2.05, 4.69) is 43.2 Å². The molecule has 0 aliphatic heterocycles. The summed E-state index contributed by atoms with van der Waals surface area (Å²) in [4.78, 5) is 16.9. The number of carbonyl (C=O) groups is 1. The number of rotatable bonds is 5. The van der Waals surface area contributed by atoms with Crippen LogP contribution in [0.5, 0.6) is 0 Å². The van der Waals surface area contributed by atoms with Gasteiger partial charge in [-0.1, -0.05) is 57.2 Å².